The summed E-state index contributed by atoms with van der Waals surface area (Å²) < 4.78 is 41.6. The van der Waals surface area contributed by atoms with E-state index in [1.165, 1.54) is 12.4 Å². The molecular weight excluding hydrogens is 487 g/mol. The topological polar surface area (TPSA) is 93.2 Å². The maximum Gasteiger partial charge on any atom is 0.421 e. The molecule has 0 saturated carbocycles. The zero-order valence-electron chi connectivity index (χ0n) is 22.1. The van der Waals surface area contributed by atoms with Gasteiger partial charge in [-0.25, -0.2) is 14.8 Å². The van der Waals surface area contributed by atoms with Gasteiger partial charge >= 0.3 is 6.18 Å². The molecule has 0 unspecified atom stereocenters. The molecule has 13 heteroatoms. The van der Waals surface area contributed by atoms with Crippen molar-refractivity contribution in [2.75, 3.05) is 29.8 Å². The molecule has 2 aliphatic rings. The lowest BCUT2D eigenvalue weighted by molar-refractivity contribution is -0.162. The molecule has 1 fully saturated rings. The zero-order chi connectivity index (χ0) is 27.2. The van der Waals surface area contributed by atoms with Crippen LogP contribution in [0.15, 0.2) is 35.6 Å². The molecule has 10 nitrogen and oxygen atoms in total. The van der Waals surface area contributed by atoms with Crippen molar-refractivity contribution in [2.24, 2.45) is 5.10 Å². The van der Waals surface area contributed by atoms with Gasteiger partial charge in [0.1, 0.15) is 17.2 Å². The number of benzene rings is 1. The van der Waals surface area contributed by atoms with E-state index < -0.39 is 11.7 Å². The molecule has 0 spiro atoms. The predicted octanol–water partition coefficient (Wildman–Crippen LogP) is 4.74. The normalized spacial score (nSPS) is 20.2. The Kier molecular flexibility index (Phi) is 6.99. The predicted molar refractivity (Wildman–Crippen MR) is 137 cm³/mol. The number of rotatable bonds is 6. The summed E-state index contributed by atoms with van der Waals surface area (Å²) >= 11 is 0. The molecule has 1 aromatic heterocycles. The van der Waals surface area contributed by atoms with Crippen molar-refractivity contribution in [3.8, 4) is 0 Å². The van der Waals surface area contributed by atoms with Gasteiger partial charge in [0, 0.05) is 29.0 Å². The van der Waals surface area contributed by atoms with Crippen LogP contribution in [0.2, 0.25) is 0 Å². The van der Waals surface area contributed by atoms with Gasteiger partial charge < -0.3 is 10.6 Å². The minimum atomic E-state index is -4.59. The number of alkyl halides is 3. The van der Waals surface area contributed by atoms with Gasteiger partial charge in [0.2, 0.25) is 5.95 Å². The van der Waals surface area contributed by atoms with Crippen molar-refractivity contribution in [2.45, 2.75) is 70.8 Å². The Morgan fingerprint density at radius 3 is 2.41 bits per heavy atom. The molecule has 0 aliphatic carbocycles. The Hall–Kier alpha value is -3.16. The molecule has 0 amide bonds. The van der Waals surface area contributed by atoms with E-state index in [-0.39, 0.29) is 28.9 Å². The highest BCUT2D eigenvalue weighted by Gasteiger charge is 2.44. The van der Waals surface area contributed by atoms with E-state index in [2.05, 4.69) is 70.9 Å². The van der Waals surface area contributed by atoms with Gasteiger partial charge in [-0.3, -0.25) is 4.90 Å². The minimum Gasteiger partial charge on any atom is -0.367 e. The van der Waals surface area contributed by atoms with E-state index in [1.54, 1.807) is 30.1 Å². The van der Waals surface area contributed by atoms with Gasteiger partial charge in [0.15, 0.2) is 0 Å². The van der Waals surface area contributed by atoms with Crippen LogP contribution in [-0.4, -0.2) is 57.3 Å². The van der Waals surface area contributed by atoms with Crippen LogP contribution in [0.4, 0.5) is 36.3 Å². The number of nitrogens with one attached hydrogen (secondary N) is 3. The van der Waals surface area contributed by atoms with Crippen LogP contribution in [0.3, 0.4) is 0 Å². The first kappa shape index (κ1) is 26.9. The van der Waals surface area contributed by atoms with Crippen molar-refractivity contribution in [1.82, 2.24) is 25.7 Å². The number of hydrazine groups is 2. The van der Waals surface area contributed by atoms with E-state index >= 15 is 0 Å². The van der Waals surface area contributed by atoms with Crippen molar-refractivity contribution >= 4 is 29.0 Å². The molecule has 2 aromatic rings. The van der Waals surface area contributed by atoms with Gasteiger partial charge in [-0.15, -0.1) is 5.10 Å². The molecule has 4 rings (SSSR count). The number of nitrogens with zero attached hydrogens (tertiary/aromatic N) is 6. The standard InChI is InChI=1S/C24H34F3N9O/c1-15-32-36(37-7)33-35(15)18-10-8-9-16(11-18)30-21-28-14-19(24(25,26)27)20(31-21)29-17-12-22(2,3)34(6)23(4,5)13-17/h8-11,14,17,33H,12-13H2,1-7H3,(H2,28,29,30,31). The van der Waals surface area contributed by atoms with Crippen LogP contribution >= 0.6 is 0 Å². The van der Waals surface area contributed by atoms with E-state index in [0.29, 0.717) is 24.4 Å². The number of anilines is 4. The van der Waals surface area contributed by atoms with Crippen LogP contribution in [0, 0.1) is 0 Å². The quantitative estimate of drug-likeness (QED) is 0.498. The average Bonchev–Trinajstić information content (AvgIpc) is 3.17. The number of halogens is 3. The Balaban J connectivity index is 1.59. The Bertz CT molecular complexity index is 1150. The lowest BCUT2D eigenvalue weighted by Crippen LogP contribution is -2.61. The maximum absolute atomic E-state index is 13.9. The molecular formula is C24H34F3N9O. The van der Waals surface area contributed by atoms with E-state index in [4.69, 9.17) is 4.84 Å². The molecule has 0 atom stereocenters. The Morgan fingerprint density at radius 1 is 1.14 bits per heavy atom. The van der Waals surface area contributed by atoms with Crippen LogP contribution in [-0.2, 0) is 11.0 Å². The van der Waals surface area contributed by atoms with Crippen molar-refractivity contribution in [3.05, 3.63) is 36.0 Å². The van der Waals surface area contributed by atoms with Crippen LogP contribution in [0.1, 0.15) is 53.0 Å². The molecule has 0 radical (unpaired) electrons. The summed E-state index contributed by atoms with van der Waals surface area (Å²) in [6.07, 6.45) is -2.44. The summed E-state index contributed by atoms with van der Waals surface area (Å²) in [5.41, 5.74) is 2.97. The molecule has 0 bridgehead atoms. The third-order valence-corrected chi connectivity index (χ3v) is 7.02. The lowest BCUT2D eigenvalue weighted by atomic mass is 9.77. The van der Waals surface area contributed by atoms with Crippen LogP contribution in [0.25, 0.3) is 0 Å². The zero-order valence-corrected chi connectivity index (χ0v) is 22.1. The second-order valence-electron chi connectivity index (χ2n) is 10.6. The number of amidine groups is 1. The summed E-state index contributed by atoms with van der Waals surface area (Å²) in [5.74, 6) is 0.458. The number of hydrogen-bond donors (Lipinski definition) is 3. The molecule has 2 aliphatic heterocycles. The first-order chi connectivity index (χ1) is 17.2. The summed E-state index contributed by atoms with van der Waals surface area (Å²) in [4.78, 5) is 15.6. The van der Waals surface area contributed by atoms with Gasteiger partial charge in [0.25, 0.3) is 0 Å². The van der Waals surface area contributed by atoms with Crippen molar-refractivity contribution in [1.29, 1.82) is 0 Å². The van der Waals surface area contributed by atoms with Crippen LogP contribution in [0.5, 0.6) is 0 Å². The third kappa shape index (κ3) is 5.73. The maximum atomic E-state index is 13.9. The molecule has 202 valence electrons. The molecule has 1 saturated heterocycles. The second kappa shape index (κ2) is 9.62. The first-order valence-corrected chi connectivity index (χ1v) is 12.0. The SMILES string of the molecule is CON1N=C(C)N(c2cccc(Nc3ncc(C(F)(F)F)c(NC4CC(C)(C)N(C)C(C)(C)C4)n3)c2)N1. The number of piperidine rings is 1. The average molecular weight is 522 g/mol. The van der Waals surface area contributed by atoms with Crippen molar-refractivity contribution < 1.29 is 18.0 Å². The second-order valence-corrected chi connectivity index (χ2v) is 10.6. The number of aromatic nitrogens is 2. The highest BCUT2D eigenvalue weighted by molar-refractivity contribution is 5.96. The first-order valence-electron chi connectivity index (χ1n) is 12.0. The van der Waals surface area contributed by atoms with Crippen molar-refractivity contribution in [3.63, 3.8) is 0 Å². The van der Waals surface area contributed by atoms with E-state index in [9.17, 15) is 13.2 Å². The Morgan fingerprint density at radius 2 is 1.81 bits per heavy atom. The summed E-state index contributed by atoms with van der Waals surface area (Å²) in [5, 5.41) is 13.2. The third-order valence-electron chi connectivity index (χ3n) is 7.02. The monoisotopic (exact) mass is 521 g/mol. The summed E-state index contributed by atoms with van der Waals surface area (Å²) in [6.45, 7) is 10.2. The summed E-state index contributed by atoms with van der Waals surface area (Å²) in [6, 6.07) is 7.02. The summed E-state index contributed by atoms with van der Waals surface area (Å²) in [7, 11) is 3.53. The molecule has 1 aromatic carbocycles. The number of hydrazone groups is 1. The number of likely N-dealkylation sites (tertiary alicyclic amines) is 1. The fourth-order valence-corrected chi connectivity index (χ4v) is 4.96. The molecule has 37 heavy (non-hydrogen) atoms. The molecule has 3 N–H and O–H groups in total. The van der Waals surface area contributed by atoms with E-state index in [1.807, 2.05) is 6.07 Å². The van der Waals surface area contributed by atoms with Crippen LogP contribution < -0.4 is 21.2 Å². The fourth-order valence-electron chi connectivity index (χ4n) is 4.96. The minimum absolute atomic E-state index is 0.0531. The van der Waals surface area contributed by atoms with Gasteiger partial charge in [-0.2, -0.15) is 18.2 Å². The van der Waals surface area contributed by atoms with Gasteiger partial charge in [0.05, 0.1) is 12.8 Å². The largest absolute Gasteiger partial charge is 0.421 e. The lowest BCUT2D eigenvalue weighted by Gasteiger charge is -2.53. The van der Waals surface area contributed by atoms with E-state index in [0.717, 1.165) is 11.9 Å². The number of hydrogen-bond acceptors (Lipinski definition) is 10. The molecule has 3 heterocycles. The fraction of sp³-hybridized carbons (Fsp3) is 0.542. The smallest absolute Gasteiger partial charge is 0.367 e. The highest BCUT2D eigenvalue weighted by atomic mass is 19.4. The van der Waals surface area contributed by atoms with Gasteiger partial charge in [-0.1, -0.05) is 16.9 Å². The Labute approximate surface area is 214 Å². The highest BCUT2D eigenvalue weighted by Crippen LogP contribution is 2.40. The van der Waals surface area contributed by atoms with Gasteiger partial charge in [-0.05, 0) is 72.7 Å².